The van der Waals surface area contributed by atoms with Crippen molar-refractivity contribution in [2.45, 2.75) is 31.8 Å². The number of likely N-dealkylation sites (tertiary alicyclic amines) is 1. The van der Waals surface area contributed by atoms with Crippen molar-refractivity contribution >= 4 is 34.0 Å². The predicted octanol–water partition coefficient (Wildman–Crippen LogP) is 4.42. The summed E-state index contributed by atoms with van der Waals surface area (Å²) in [4.78, 5) is 23.5. The van der Waals surface area contributed by atoms with Crippen molar-refractivity contribution in [3.8, 4) is 11.5 Å². The summed E-state index contributed by atoms with van der Waals surface area (Å²) >= 11 is 0. The van der Waals surface area contributed by atoms with Crippen LogP contribution in [0.25, 0.3) is 10.9 Å². The van der Waals surface area contributed by atoms with Crippen molar-refractivity contribution in [1.29, 1.82) is 0 Å². The van der Waals surface area contributed by atoms with E-state index in [0.29, 0.717) is 46.9 Å². The number of carbonyl (C=O) groups excluding carboxylic acids is 1. The molecular formula is C28H31FN7O3. The molecular weight excluding hydrogens is 501 g/mol. The van der Waals surface area contributed by atoms with Crippen LogP contribution in [0.1, 0.15) is 19.3 Å². The molecule has 1 aliphatic rings. The number of fused-ring (bicyclic) bond motifs is 1. The quantitative estimate of drug-likeness (QED) is 0.274. The lowest BCUT2D eigenvalue weighted by molar-refractivity contribution is -0.116. The van der Waals surface area contributed by atoms with Gasteiger partial charge < -0.3 is 25.0 Å². The lowest BCUT2D eigenvalue weighted by Gasteiger charge is -2.20. The Balaban J connectivity index is 1.23. The van der Waals surface area contributed by atoms with Gasteiger partial charge >= 0.3 is 0 Å². The van der Waals surface area contributed by atoms with E-state index >= 15 is 0 Å². The molecule has 1 saturated heterocycles. The maximum absolute atomic E-state index is 13.4. The van der Waals surface area contributed by atoms with Gasteiger partial charge in [-0.2, -0.15) is 5.10 Å². The first-order chi connectivity index (χ1) is 19.0. The van der Waals surface area contributed by atoms with E-state index in [9.17, 15) is 9.18 Å². The third kappa shape index (κ3) is 6.61. The molecule has 0 unspecified atom stereocenters. The lowest BCUT2D eigenvalue weighted by atomic mass is 10.2. The average molecular weight is 533 g/mol. The molecule has 5 rings (SSSR count). The van der Waals surface area contributed by atoms with Gasteiger partial charge in [0.15, 0.2) is 11.5 Å². The number of benzene rings is 2. The molecule has 0 spiro atoms. The van der Waals surface area contributed by atoms with Gasteiger partial charge in [0, 0.05) is 35.9 Å². The monoisotopic (exact) mass is 532 g/mol. The molecule has 1 radical (unpaired) electrons. The fraction of sp³-hybridized carbons (Fsp3) is 0.321. The van der Waals surface area contributed by atoms with Gasteiger partial charge in [-0.15, -0.1) is 0 Å². The van der Waals surface area contributed by atoms with E-state index in [-0.39, 0.29) is 12.5 Å². The first kappa shape index (κ1) is 26.4. The normalized spacial score (nSPS) is 15.4. The first-order valence-corrected chi connectivity index (χ1v) is 12.9. The molecule has 3 heterocycles. The van der Waals surface area contributed by atoms with Gasteiger partial charge in [-0.25, -0.2) is 14.4 Å². The highest BCUT2D eigenvalue weighted by molar-refractivity contribution is 5.93. The van der Waals surface area contributed by atoms with Crippen LogP contribution in [-0.2, 0) is 11.3 Å². The number of hydrogen-bond donors (Lipinski definition) is 2. The molecule has 2 aromatic heterocycles. The molecule has 2 N–H and O–H groups in total. The zero-order valence-electron chi connectivity index (χ0n) is 21.8. The Bertz CT molecular complexity index is 1440. The molecule has 39 heavy (non-hydrogen) atoms. The molecule has 1 atom stereocenters. The fourth-order valence-corrected chi connectivity index (χ4v) is 4.64. The van der Waals surface area contributed by atoms with E-state index in [4.69, 9.17) is 9.47 Å². The van der Waals surface area contributed by atoms with Crippen molar-refractivity contribution in [3.05, 3.63) is 67.9 Å². The number of halogens is 1. The lowest BCUT2D eigenvalue weighted by Crippen LogP contribution is -2.29. The number of amides is 1. The van der Waals surface area contributed by atoms with Crippen molar-refractivity contribution < 1.29 is 18.7 Å². The van der Waals surface area contributed by atoms with Crippen LogP contribution in [0.4, 0.5) is 21.6 Å². The minimum Gasteiger partial charge on any atom is -0.493 e. The minimum atomic E-state index is -0.421. The van der Waals surface area contributed by atoms with Gasteiger partial charge in [-0.3, -0.25) is 9.48 Å². The van der Waals surface area contributed by atoms with E-state index in [0.717, 1.165) is 31.3 Å². The zero-order valence-corrected chi connectivity index (χ0v) is 21.8. The number of nitrogens with one attached hydrogen (secondary N) is 2. The fourth-order valence-electron chi connectivity index (χ4n) is 4.64. The maximum atomic E-state index is 13.4. The Morgan fingerprint density at radius 3 is 2.90 bits per heavy atom. The molecule has 203 valence electrons. The number of aromatic nitrogens is 4. The Kier molecular flexibility index (Phi) is 8.16. The third-order valence-corrected chi connectivity index (χ3v) is 6.58. The Morgan fingerprint density at radius 2 is 2.10 bits per heavy atom. The van der Waals surface area contributed by atoms with Crippen LogP contribution in [0.2, 0.25) is 0 Å². The second-order valence-electron chi connectivity index (χ2n) is 9.39. The summed E-state index contributed by atoms with van der Waals surface area (Å²) in [5, 5.41) is 10.9. The molecule has 10 nitrogen and oxygen atoms in total. The number of hydrogen-bond acceptors (Lipinski definition) is 8. The summed E-state index contributed by atoms with van der Waals surface area (Å²) in [6.07, 6.45) is 8.01. The van der Waals surface area contributed by atoms with Crippen LogP contribution in [0.15, 0.2) is 55.1 Å². The third-order valence-electron chi connectivity index (χ3n) is 6.58. The summed E-state index contributed by atoms with van der Waals surface area (Å²) < 4.78 is 26.5. The van der Waals surface area contributed by atoms with Gasteiger partial charge in [0.05, 0.1) is 31.1 Å². The summed E-state index contributed by atoms with van der Waals surface area (Å²) in [6.45, 7) is 6.78. The highest BCUT2D eigenvalue weighted by Crippen LogP contribution is 2.34. The van der Waals surface area contributed by atoms with Crippen molar-refractivity contribution in [2.75, 3.05) is 37.4 Å². The van der Waals surface area contributed by atoms with Crippen molar-refractivity contribution in [1.82, 2.24) is 24.6 Å². The van der Waals surface area contributed by atoms with E-state index < -0.39 is 5.82 Å². The molecule has 0 bridgehead atoms. The highest BCUT2D eigenvalue weighted by Gasteiger charge is 2.19. The Labute approximate surface area is 226 Å². The van der Waals surface area contributed by atoms with Crippen LogP contribution in [0.5, 0.6) is 11.5 Å². The van der Waals surface area contributed by atoms with Crippen molar-refractivity contribution in [3.63, 3.8) is 0 Å². The number of carbonyl (C=O) groups is 1. The van der Waals surface area contributed by atoms with Crippen LogP contribution >= 0.6 is 0 Å². The van der Waals surface area contributed by atoms with Crippen LogP contribution in [0, 0.1) is 12.7 Å². The standard InChI is InChI=1S/C28H31FN7O3/c1-19-6-4-9-35(19)10-5-11-39-26-14-24-23(13-25(26)38-2)28(31-18-30-24)34-22-15-32-36(16-22)17-27(37)33-21-8-3-7-20(29)12-21/h3,7-8,12-16,18-19H,1,4-6,9-11,17H2,2H3,(H,33,37)(H,30,31,34)/t19-/m0/s1. The van der Waals surface area contributed by atoms with E-state index in [1.165, 1.54) is 35.6 Å². The summed E-state index contributed by atoms with van der Waals surface area (Å²) in [7, 11) is 1.60. The number of ether oxygens (including phenoxy) is 2. The van der Waals surface area contributed by atoms with Crippen LogP contribution in [0.3, 0.4) is 0 Å². The van der Waals surface area contributed by atoms with Crippen LogP contribution in [-0.4, -0.2) is 63.4 Å². The first-order valence-electron chi connectivity index (χ1n) is 12.9. The smallest absolute Gasteiger partial charge is 0.246 e. The Hall–Kier alpha value is -4.25. The van der Waals surface area contributed by atoms with E-state index in [1.54, 1.807) is 25.6 Å². The molecule has 2 aromatic carbocycles. The predicted molar refractivity (Wildman–Crippen MR) is 147 cm³/mol. The molecule has 0 aliphatic carbocycles. The van der Waals surface area contributed by atoms with E-state index in [2.05, 4.69) is 37.5 Å². The van der Waals surface area contributed by atoms with Gasteiger partial charge in [0.25, 0.3) is 0 Å². The minimum absolute atomic E-state index is 0.0373. The van der Waals surface area contributed by atoms with Gasteiger partial charge in [0.2, 0.25) is 5.91 Å². The summed E-state index contributed by atoms with van der Waals surface area (Å²) in [6, 6.07) is 9.81. The Morgan fingerprint density at radius 1 is 1.21 bits per heavy atom. The zero-order chi connectivity index (χ0) is 27.2. The van der Waals surface area contributed by atoms with Crippen molar-refractivity contribution in [2.24, 2.45) is 0 Å². The largest absolute Gasteiger partial charge is 0.493 e. The molecule has 1 amide bonds. The van der Waals surface area contributed by atoms with Gasteiger partial charge in [0.1, 0.15) is 24.5 Å². The average Bonchev–Trinajstić information content (AvgIpc) is 3.54. The van der Waals surface area contributed by atoms with Gasteiger partial charge in [-0.05, 0) is 57.0 Å². The van der Waals surface area contributed by atoms with Crippen LogP contribution < -0.4 is 20.1 Å². The molecule has 4 aromatic rings. The maximum Gasteiger partial charge on any atom is 0.246 e. The molecule has 1 fully saturated rings. The second kappa shape index (κ2) is 12.1. The number of nitrogens with zero attached hydrogens (tertiary/aromatic N) is 5. The summed E-state index contributed by atoms with van der Waals surface area (Å²) in [5.41, 5.74) is 1.72. The number of anilines is 3. The molecule has 1 aliphatic heterocycles. The second-order valence-corrected chi connectivity index (χ2v) is 9.39. The highest BCUT2D eigenvalue weighted by atomic mass is 19.1. The SMILES string of the molecule is [CH2][C@H]1CCCN1CCCOc1cc2ncnc(Nc3cnn(CC(=O)Nc4cccc(F)c4)c3)c2cc1OC. The molecule has 0 saturated carbocycles. The van der Waals surface area contributed by atoms with E-state index in [1.807, 2.05) is 12.1 Å². The number of rotatable bonds is 11. The number of methoxy groups -OCH3 is 1. The summed E-state index contributed by atoms with van der Waals surface area (Å²) in [5.74, 6) is 1.02. The van der Waals surface area contributed by atoms with Gasteiger partial charge in [-0.1, -0.05) is 6.07 Å². The molecule has 11 heteroatoms. The topological polar surface area (TPSA) is 106 Å².